The normalized spacial score (nSPS) is 11.9. The highest BCUT2D eigenvalue weighted by molar-refractivity contribution is 5.78. The molecule has 0 atom stereocenters. The van der Waals surface area contributed by atoms with Crippen LogP contribution in [0.3, 0.4) is 0 Å². The lowest BCUT2D eigenvalue weighted by Gasteiger charge is -2.24. The lowest BCUT2D eigenvalue weighted by Crippen LogP contribution is -2.34. The number of benzene rings is 3. The Hall–Kier alpha value is -4.49. The van der Waals surface area contributed by atoms with E-state index < -0.39 is 5.91 Å². The minimum Gasteiger partial charge on any atom is -0.493 e. The largest absolute Gasteiger partial charge is 0.493 e. The molecule has 188 valence electrons. The van der Waals surface area contributed by atoms with Crippen LogP contribution in [0.4, 0.5) is 5.69 Å². The van der Waals surface area contributed by atoms with Crippen molar-refractivity contribution >= 4 is 24.2 Å². The van der Waals surface area contributed by atoms with Crippen LogP contribution in [0.2, 0.25) is 0 Å². The standard InChI is InChI=1S/C30H30N4O3/c1-3-27-23(2)29(32-31-28(35)21-37-26-17-11-6-12-18-26)30(36)34(27)22-33(19-24-13-7-4-8-14-24)20-25-15-9-5-10-16-25/h3-18,36H,2,19-22H2,1H3/b27-3+,32-31?. The molecule has 0 saturated heterocycles. The van der Waals surface area contributed by atoms with Crippen LogP contribution in [-0.2, 0) is 24.6 Å². The fourth-order valence-electron chi connectivity index (χ4n) is 4.07. The van der Waals surface area contributed by atoms with Crippen LogP contribution in [0.1, 0.15) is 18.1 Å². The van der Waals surface area contributed by atoms with Crippen LogP contribution in [-0.4, -0.2) is 27.1 Å². The summed E-state index contributed by atoms with van der Waals surface area (Å²) in [4.78, 5) is 14.5. The maximum Gasteiger partial charge on any atom is 0.302 e. The minimum atomic E-state index is -0.563. The zero-order valence-corrected chi connectivity index (χ0v) is 20.8. The highest BCUT2D eigenvalue weighted by Gasteiger charge is 2.17. The lowest BCUT2D eigenvalue weighted by atomic mass is 10.2. The van der Waals surface area contributed by atoms with Crippen LogP contribution >= 0.6 is 0 Å². The molecule has 37 heavy (non-hydrogen) atoms. The van der Waals surface area contributed by atoms with Gasteiger partial charge in [0.2, 0.25) is 5.88 Å². The van der Waals surface area contributed by atoms with Gasteiger partial charge in [0.05, 0.1) is 12.0 Å². The van der Waals surface area contributed by atoms with E-state index in [2.05, 4.69) is 46.0 Å². The summed E-state index contributed by atoms with van der Waals surface area (Å²) in [5.74, 6) is -0.0883. The van der Waals surface area contributed by atoms with E-state index in [0.29, 0.717) is 36.1 Å². The van der Waals surface area contributed by atoms with E-state index in [1.54, 1.807) is 16.7 Å². The third kappa shape index (κ3) is 6.80. The van der Waals surface area contributed by atoms with E-state index in [1.807, 2.05) is 67.6 Å². The van der Waals surface area contributed by atoms with Gasteiger partial charge in [-0.1, -0.05) is 91.5 Å². The van der Waals surface area contributed by atoms with Gasteiger partial charge in [-0.15, -0.1) is 10.2 Å². The molecule has 0 aliphatic rings. The molecular formula is C30H30N4O3. The van der Waals surface area contributed by atoms with Crippen molar-refractivity contribution in [3.63, 3.8) is 0 Å². The number of carbonyl (C=O) groups is 1. The molecular weight excluding hydrogens is 464 g/mol. The Morgan fingerprint density at radius 3 is 2.03 bits per heavy atom. The van der Waals surface area contributed by atoms with Crippen molar-refractivity contribution in [1.29, 1.82) is 0 Å². The predicted octanol–water partition coefficient (Wildman–Crippen LogP) is 4.75. The maximum absolute atomic E-state index is 12.2. The second-order valence-corrected chi connectivity index (χ2v) is 8.55. The third-order valence-electron chi connectivity index (χ3n) is 5.83. The van der Waals surface area contributed by atoms with Gasteiger partial charge in [-0.05, 0) is 30.2 Å². The Morgan fingerprint density at radius 2 is 1.49 bits per heavy atom. The van der Waals surface area contributed by atoms with Gasteiger partial charge in [0.1, 0.15) is 5.75 Å². The number of nitrogens with zero attached hydrogens (tertiary/aromatic N) is 4. The molecule has 4 aromatic rings. The predicted molar refractivity (Wildman–Crippen MR) is 145 cm³/mol. The summed E-state index contributed by atoms with van der Waals surface area (Å²) in [5, 5.41) is 20.1. The van der Waals surface area contributed by atoms with Gasteiger partial charge in [-0.3, -0.25) is 14.3 Å². The number of para-hydroxylation sites is 1. The zero-order chi connectivity index (χ0) is 26.0. The molecule has 1 heterocycles. The van der Waals surface area contributed by atoms with Crippen molar-refractivity contribution < 1.29 is 14.6 Å². The van der Waals surface area contributed by atoms with Gasteiger partial charge in [0.25, 0.3) is 0 Å². The second-order valence-electron chi connectivity index (χ2n) is 8.55. The van der Waals surface area contributed by atoms with Crippen LogP contribution < -0.4 is 15.3 Å². The minimum absolute atomic E-state index is 0.0928. The first-order valence-electron chi connectivity index (χ1n) is 12.0. The Balaban J connectivity index is 1.56. The first kappa shape index (κ1) is 25.6. The number of azo groups is 1. The van der Waals surface area contributed by atoms with Gasteiger partial charge in [-0.2, -0.15) is 0 Å². The van der Waals surface area contributed by atoms with Gasteiger partial charge in [0.15, 0.2) is 12.3 Å². The lowest BCUT2D eigenvalue weighted by molar-refractivity contribution is -0.120. The highest BCUT2D eigenvalue weighted by atomic mass is 16.5. The number of hydrogen-bond acceptors (Lipinski definition) is 5. The van der Waals surface area contributed by atoms with E-state index >= 15 is 0 Å². The molecule has 7 nitrogen and oxygen atoms in total. The quantitative estimate of drug-likeness (QED) is 0.323. The summed E-state index contributed by atoms with van der Waals surface area (Å²) >= 11 is 0. The topological polar surface area (TPSA) is 79.4 Å². The molecule has 0 saturated carbocycles. The van der Waals surface area contributed by atoms with Gasteiger partial charge < -0.3 is 9.84 Å². The van der Waals surface area contributed by atoms with Gasteiger partial charge in [0, 0.05) is 18.3 Å². The summed E-state index contributed by atoms with van der Waals surface area (Å²) in [6.07, 6.45) is 1.87. The van der Waals surface area contributed by atoms with E-state index in [9.17, 15) is 9.90 Å². The fourth-order valence-corrected chi connectivity index (χ4v) is 4.07. The first-order valence-corrected chi connectivity index (χ1v) is 12.0. The molecule has 0 fully saturated rings. The Labute approximate surface area is 216 Å². The van der Waals surface area contributed by atoms with E-state index in [0.717, 1.165) is 11.1 Å². The second kappa shape index (κ2) is 12.5. The number of aromatic nitrogens is 1. The Kier molecular flexibility index (Phi) is 8.62. The van der Waals surface area contributed by atoms with Crippen molar-refractivity contribution in [2.24, 2.45) is 10.2 Å². The first-order chi connectivity index (χ1) is 18.0. The summed E-state index contributed by atoms with van der Waals surface area (Å²) in [6, 6.07) is 29.4. The molecule has 3 aromatic carbocycles. The summed E-state index contributed by atoms with van der Waals surface area (Å²) in [5.41, 5.74) is 2.48. The molecule has 0 radical (unpaired) electrons. The molecule has 1 amide bonds. The number of hydrogen-bond donors (Lipinski definition) is 1. The third-order valence-corrected chi connectivity index (χ3v) is 5.83. The van der Waals surface area contributed by atoms with Crippen molar-refractivity contribution in [3.05, 3.63) is 113 Å². The van der Waals surface area contributed by atoms with Crippen LogP contribution in [0, 0.1) is 0 Å². The average Bonchev–Trinajstić information content (AvgIpc) is 3.15. The molecule has 0 unspecified atom stereocenters. The molecule has 1 aromatic heterocycles. The molecule has 1 N–H and O–H groups in total. The molecule has 7 heteroatoms. The van der Waals surface area contributed by atoms with E-state index in [4.69, 9.17) is 4.74 Å². The number of aromatic hydroxyl groups is 1. The van der Waals surface area contributed by atoms with Crippen LogP contribution in [0.25, 0.3) is 12.7 Å². The smallest absolute Gasteiger partial charge is 0.302 e. The van der Waals surface area contributed by atoms with Gasteiger partial charge >= 0.3 is 5.91 Å². The zero-order valence-electron chi connectivity index (χ0n) is 20.8. The van der Waals surface area contributed by atoms with Crippen molar-refractivity contribution in [3.8, 4) is 11.6 Å². The van der Waals surface area contributed by atoms with Crippen LogP contribution in [0.5, 0.6) is 11.6 Å². The molecule has 0 aliphatic heterocycles. The summed E-state index contributed by atoms with van der Waals surface area (Å²) < 4.78 is 7.18. The van der Waals surface area contributed by atoms with Crippen LogP contribution in [0.15, 0.2) is 101 Å². The van der Waals surface area contributed by atoms with Crippen molar-refractivity contribution in [1.82, 2.24) is 9.47 Å². The monoisotopic (exact) mass is 494 g/mol. The Morgan fingerprint density at radius 1 is 0.946 bits per heavy atom. The highest BCUT2D eigenvalue weighted by Crippen LogP contribution is 2.23. The fraction of sp³-hybridized carbons (Fsp3) is 0.167. The molecule has 4 rings (SSSR count). The van der Waals surface area contributed by atoms with E-state index in [-0.39, 0.29) is 18.2 Å². The van der Waals surface area contributed by atoms with Crippen molar-refractivity contribution in [2.45, 2.75) is 26.7 Å². The maximum atomic E-state index is 12.2. The summed E-state index contributed by atoms with van der Waals surface area (Å²) in [6.45, 7) is 7.45. The number of amides is 1. The average molecular weight is 495 g/mol. The molecule has 0 aliphatic carbocycles. The number of ether oxygens (including phenoxy) is 1. The Bertz CT molecular complexity index is 1410. The summed E-state index contributed by atoms with van der Waals surface area (Å²) in [7, 11) is 0. The van der Waals surface area contributed by atoms with Gasteiger partial charge in [-0.25, -0.2) is 0 Å². The number of carbonyl (C=O) groups excluding carboxylic acids is 1. The molecule has 0 bridgehead atoms. The van der Waals surface area contributed by atoms with Crippen molar-refractivity contribution in [2.75, 3.05) is 6.61 Å². The SMILES string of the molecule is C=c1c(N=NC(=O)COc2ccccc2)c(O)n(CN(Cc2ccccc2)Cc2ccccc2)/c1=C/C. The molecule has 0 spiro atoms. The number of rotatable bonds is 10. The van der Waals surface area contributed by atoms with E-state index in [1.165, 1.54) is 0 Å².